The SMILES string of the molecule is CC(C)C(CNCCO)C(C)C. The topological polar surface area (TPSA) is 32.3 Å². The summed E-state index contributed by atoms with van der Waals surface area (Å²) < 4.78 is 0. The first kappa shape index (κ1) is 11.9. The zero-order valence-corrected chi connectivity index (χ0v) is 8.80. The lowest BCUT2D eigenvalue weighted by Crippen LogP contribution is -2.31. The van der Waals surface area contributed by atoms with Gasteiger partial charge in [-0.05, 0) is 24.3 Å². The van der Waals surface area contributed by atoms with Crippen molar-refractivity contribution in [2.45, 2.75) is 27.7 Å². The van der Waals surface area contributed by atoms with Crippen molar-refractivity contribution in [3.05, 3.63) is 0 Å². The molecule has 12 heavy (non-hydrogen) atoms. The summed E-state index contributed by atoms with van der Waals surface area (Å²) in [6.07, 6.45) is 0. The fraction of sp³-hybridized carbons (Fsp3) is 1.00. The molecule has 0 amide bonds. The van der Waals surface area contributed by atoms with Crippen LogP contribution in [-0.2, 0) is 0 Å². The van der Waals surface area contributed by atoms with E-state index in [0.717, 1.165) is 30.8 Å². The minimum absolute atomic E-state index is 0.239. The molecule has 0 aliphatic carbocycles. The highest BCUT2D eigenvalue weighted by Crippen LogP contribution is 2.19. The van der Waals surface area contributed by atoms with Gasteiger partial charge in [-0.3, -0.25) is 0 Å². The van der Waals surface area contributed by atoms with E-state index in [4.69, 9.17) is 5.11 Å². The molecule has 0 fully saturated rings. The van der Waals surface area contributed by atoms with Gasteiger partial charge in [-0.2, -0.15) is 0 Å². The molecule has 0 aromatic rings. The van der Waals surface area contributed by atoms with Crippen molar-refractivity contribution in [2.75, 3.05) is 19.7 Å². The molecule has 0 spiro atoms. The summed E-state index contributed by atoms with van der Waals surface area (Å²) in [5, 5.41) is 11.8. The van der Waals surface area contributed by atoms with Crippen LogP contribution >= 0.6 is 0 Å². The highest BCUT2D eigenvalue weighted by Gasteiger charge is 2.16. The van der Waals surface area contributed by atoms with Gasteiger partial charge in [0.05, 0.1) is 6.61 Å². The Labute approximate surface area is 76.4 Å². The maximum atomic E-state index is 8.59. The molecule has 0 atom stereocenters. The average Bonchev–Trinajstić information content (AvgIpc) is 1.96. The maximum absolute atomic E-state index is 8.59. The number of rotatable bonds is 6. The summed E-state index contributed by atoms with van der Waals surface area (Å²) in [4.78, 5) is 0. The highest BCUT2D eigenvalue weighted by atomic mass is 16.3. The molecule has 0 saturated heterocycles. The van der Waals surface area contributed by atoms with Gasteiger partial charge in [-0.15, -0.1) is 0 Å². The molecule has 2 N–H and O–H groups in total. The molecule has 74 valence electrons. The minimum Gasteiger partial charge on any atom is -0.395 e. The number of hydrogen-bond acceptors (Lipinski definition) is 2. The number of aliphatic hydroxyl groups is 1. The number of aliphatic hydroxyl groups excluding tert-OH is 1. The first-order valence-electron chi connectivity index (χ1n) is 4.91. The summed E-state index contributed by atoms with van der Waals surface area (Å²) in [5.41, 5.74) is 0. The van der Waals surface area contributed by atoms with Crippen LogP contribution in [0.4, 0.5) is 0 Å². The molecule has 2 nitrogen and oxygen atoms in total. The molecule has 0 aromatic heterocycles. The van der Waals surface area contributed by atoms with Crippen molar-refractivity contribution in [1.82, 2.24) is 5.32 Å². The zero-order valence-electron chi connectivity index (χ0n) is 8.80. The normalized spacial score (nSPS) is 12.0. The van der Waals surface area contributed by atoms with Crippen LogP contribution in [0.15, 0.2) is 0 Å². The van der Waals surface area contributed by atoms with E-state index in [2.05, 4.69) is 33.0 Å². The van der Waals surface area contributed by atoms with Gasteiger partial charge >= 0.3 is 0 Å². The molecule has 0 aliphatic rings. The van der Waals surface area contributed by atoms with Crippen molar-refractivity contribution in [3.8, 4) is 0 Å². The summed E-state index contributed by atoms with van der Waals surface area (Å²) >= 11 is 0. The fourth-order valence-electron chi connectivity index (χ4n) is 1.59. The Morgan fingerprint density at radius 2 is 1.58 bits per heavy atom. The van der Waals surface area contributed by atoms with Gasteiger partial charge in [0.2, 0.25) is 0 Å². The summed E-state index contributed by atoms with van der Waals surface area (Å²) in [6.45, 7) is 11.0. The van der Waals surface area contributed by atoms with Gasteiger partial charge in [0.1, 0.15) is 0 Å². The smallest absolute Gasteiger partial charge is 0.0555 e. The number of hydrogen-bond donors (Lipinski definition) is 2. The van der Waals surface area contributed by atoms with E-state index >= 15 is 0 Å². The molecule has 0 aliphatic heterocycles. The number of nitrogens with one attached hydrogen (secondary N) is 1. The van der Waals surface area contributed by atoms with Crippen LogP contribution < -0.4 is 5.32 Å². The minimum atomic E-state index is 0.239. The van der Waals surface area contributed by atoms with Gasteiger partial charge in [0.15, 0.2) is 0 Å². The fourth-order valence-corrected chi connectivity index (χ4v) is 1.59. The predicted octanol–water partition coefficient (Wildman–Crippen LogP) is 1.50. The highest BCUT2D eigenvalue weighted by molar-refractivity contribution is 4.68. The second kappa shape index (κ2) is 6.44. The summed E-state index contributed by atoms with van der Waals surface area (Å²) in [6, 6.07) is 0. The summed E-state index contributed by atoms with van der Waals surface area (Å²) in [7, 11) is 0. The Morgan fingerprint density at radius 1 is 1.08 bits per heavy atom. The monoisotopic (exact) mass is 173 g/mol. The van der Waals surface area contributed by atoms with Crippen LogP contribution in [0.3, 0.4) is 0 Å². The summed E-state index contributed by atoms with van der Waals surface area (Å²) in [5.74, 6) is 2.16. The Morgan fingerprint density at radius 3 is 1.92 bits per heavy atom. The van der Waals surface area contributed by atoms with Gasteiger partial charge in [0, 0.05) is 6.54 Å². The van der Waals surface area contributed by atoms with Crippen molar-refractivity contribution in [3.63, 3.8) is 0 Å². The first-order chi connectivity index (χ1) is 5.59. The van der Waals surface area contributed by atoms with E-state index in [-0.39, 0.29) is 6.61 Å². The van der Waals surface area contributed by atoms with Gasteiger partial charge in [-0.25, -0.2) is 0 Å². The average molecular weight is 173 g/mol. The Kier molecular flexibility index (Phi) is 6.39. The largest absolute Gasteiger partial charge is 0.395 e. The second-order valence-corrected chi connectivity index (χ2v) is 4.08. The van der Waals surface area contributed by atoms with Crippen LogP contribution in [-0.4, -0.2) is 24.8 Å². The molecular weight excluding hydrogens is 150 g/mol. The van der Waals surface area contributed by atoms with Crippen molar-refractivity contribution >= 4 is 0 Å². The van der Waals surface area contributed by atoms with E-state index in [1.54, 1.807) is 0 Å². The Balaban J connectivity index is 3.64. The molecular formula is C10H23NO. The quantitative estimate of drug-likeness (QED) is 0.597. The van der Waals surface area contributed by atoms with Crippen molar-refractivity contribution in [2.24, 2.45) is 17.8 Å². The molecule has 2 heteroatoms. The predicted molar refractivity (Wildman–Crippen MR) is 53.1 cm³/mol. The first-order valence-corrected chi connectivity index (χ1v) is 4.91. The van der Waals surface area contributed by atoms with E-state index in [0.29, 0.717) is 0 Å². The van der Waals surface area contributed by atoms with E-state index in [1.807, 2.05) is 0 Å². The standard InChI is InChI=1S/C10H23NO/c1-8(2)10(9(3)4)7-11-5-6-12/h8-12H,5-7H2,1-4H3. The van der Waals surface area contributed by atoms with Crippen LogP contribution in [0.25, 0.3) is 0 Å². The van der Waals surface area contributed by atoms with Crippen LogP contribution in [0.1, 0.15) is 27.7 Å². The Bertz CT molecular complexity index is 94.0. The lowest BCUT2D eigenvalue weighted by atomic mass is 9.85. The van der Waals surface area contributed by atoms with Crippen molar-refractivity contribution in [1.29, 1.82) is 0 Å². The van der Waals surface area contributed by atoms with Gasteiger partial charge in [0.25, 0.3) is 0 Å². The van der Waals surface area contributed by atoms with Gasteiger partial charge < -0.3 is 10.4 Å². The van der Waals surface area contributed by atoms with Gasteiger partial charge in [-0.1, -0.05) is 27.7 Å². The lowest BCUT2D eigenvalue weighted by Gasteiger charge is -2.24. The van der Waals surface area contributed by atoms with Crippen LogP contribution in [0.2, 0.25) is 0 Å². The van der Waals surface area contributed by atoms with Crippen LogP contribution in [0, 0.1) is 17.8 Å². The molecule has 0 heterocycles. The second-order valence-electron chi connectivity index (χ2n) is 4.08. The lowest BCUT2D eigenvalue weighted by molar-refractivity contribution is 0.252. The molecule has 0 unspecified atom stereocenters. The van der Waals surface area contributed by atoms with E-state index in [9.17, 15) is 0 Å². The molecule has 0 aromatic carbocycles. The maximum Gasteiger partial charge on any atom is 0.0555 e. The van der Waals surface area contributed by atoms with Crippen molar-refractivity contribution < 1.29 is 5.11 Å². The molecule has 0 saturated carbocycles. The third-order valence-electron chi connectivity index (χ3n) is 2.38. The Hall–Kier alpha value is -0.0800. The third-order valence-corrected chi connectivity index (χ3v) is 2.38. The molecule has 0 bridgehead atoms. The van der Waals surface area contributed by atoms with E-state index < -0.39 is 0 Å². The van der Waals surface area contributed by atoms with Crippen LogP contribution in [0.5, 0.6) is 0 Å². The zero-order chi connectivity index (χ0) is 9.56. The molecule has 0 radical (unpaired) electrons. The third kappa shape index (κ3) is 4.73. The molecule has 0 rings (SSSR count). The van der Waals surface area contributed by atoms with E-state index in [1.165, 1.54) is 0 Å².